The highest BCUT2D eigenvalue weighted by molar-refractivity contribution is 6.34. The van der Waals surface area contributed by atoms with Crippen LogP contribution < -0.4 is 14.8 Å². The van der Waals surface area contributed by atoms with Gasteiger partial charge < -0.3 is 14.8 Å². The number of nitrogens with zero attached hydrogens (tertiary/aromatic N) is 3. The molecule has 2 aromatic heterocycles. The van der Waals surface area contributed by atoms with Crippen LogP contribution in [0.4, 0.5) is 5.69 Å². The van der Waals surface area contributed by atoms with E-state index in [0.29, 0.717) is 23.9 Å². The van der Waals surface area contributed by atoms with Crippen molar-refractivity contribution in [3.63, 3.8) is 0 Å². The van der Waals surface area contributed by atoms with E-state index in [0.717, 1.165) is 0 Å². The zero-order valence-corrected chi connectivity index (χ0v) is 14.6. The Morgan fingerprint density at radius 3 is 2.54 bits per heavy atom. The monoisotopic (exact) mass is 370 g/mol. The smallest absolute Gasteiger partial charge is 0.321 e. The van der Waals surface area contributed by atoms with Gasteiger partial charge in [-0.25, -0.2) is 15.0 Å². The Labute approximate surface area is 155 Å². The van der Waals surface area contributed by atoms with Gasteiger partial charge in [0, 0.05) is 24.1 Å². The van der Waals surface area contributed by atoms with Crippen LogP contribution in [0.1, 0.15) is 17.4 Å². The predicted molar refractivity (Wildman–Crippen MR) is 96.9 cm³/mol. The van der Waals surface area contributed by atoms with E-state index < -0.39 is 5.91 Å². The topological polar surface area (TPSA) is 86.2 Å². The van der Waals surface area contributed by atoms with Gasteiger partial charge in [-0.3, -0.25) is 4.79 Å². The van der Waals surface area contributed by atoms with E-state index in [-0.39, 0.29) is 16.7 Å². The molecule has 0 aliphatic rings. The van der Waals surface area contributed by atoms with Crippen molar-refractivity contribution >= 4 is 23.2 Å². The number of aromatic nitrogens is 3. The van der Waals surface area contributed by atoms with Gasteiger partial charge in [0.05, 0.1) is 11.6 Å². The van der Waals surface area contributed by atoms with Crippen LogP contribution in [-0.4, -0.2) is 27.5 Å². The largest absolute Gasteiger partial charge is 0.478 e. The molecule has 0 bridgehead atoms. The highest BCUT2D eigenvalue weighted by atomic mass is 35.5. The van der Waals surface area contributed by atoms with Crippen LogP contribution in [0.5, 0.6) is 17.6 Å². The van der Waals surface area contributed by atoms with Crippen molar-refractivity contribution in [1.82, 2.24) is 15.0 Å². The third-order valence-corrected chi connectivity index (χ3v) is 3.50. The summed E-state index contributed by atoms with van der Waals surface area (Å²) in [5, 5.41) is 2.97. The Morgan fingerprint density at radius 2 is 1.85 bits per heavy atom. The molecule has 1 N–H and O–H groups in total. The number of hydrogen-bond acceptors (Lipinski definition) is 6. The van der Waals surface area contributed by atoms with Crippen molar-refractivity contribution in [2.24, 2.45) is 0 Å². The van der Waals surface area contributed by atoms with Crippen LogP contribution in [-0.2, 0) is 0 Å². The molecule has 0 saturated carbocycles. The van der Waals surface area contributed by atoms with Crippen molar-refractivity contribution in [1.29, 1.82) is 0 Å². The molecule has 0 aliphatic carbocycles. The number of nitrogens with one attached hydrogen (secondary N) is 1. The molecular formula is C18H15ClN4O3. The molecule has 26 heavy (non-hydrogen) atoms. The Kier molecular flexibility index (Phi) is 5.60. The molecule has 0 fully saturated rings. The molecule has 0 radical (unpaired) electrons. The fourth-order valence-electron chi connectivity index (χ4n) is 2.05. The van der Waals surface area contributed by atoms with Gasteiger partial charge in [-0.1, -0.05) is 11.6 Å². The molecule has 3 rings (SSSR count). The van der Waals surface area contributed by atoms with Crippen LogP contribution in [0.15, 0.2) is 54.9 Å². The Balaban J connectivity index is 1.69. The number of halogens is 1. The Bertz CT molecular complexity index is 889. The lowest BCUT2D eigenvalue weighted by Gasteiger charge is -2.09. The van der Waals surface area contributed by atoms with Gasteiger partial charge in [-0.15, -0.1) is 0 Å². The number of rotatable bonds is 6. The molecule has 0 atom stereocenters. The van der Waals surface area contributed by atoms with Gasteiger partial charge in [-0.05, 0) is 43.3 Å². The molecule has 0 unspecified atom stereocenters. The molecule has 0 saturated heterocycles. The molecule has 2 heterocycles. The van der Waals surface area contributed by atoms with E-state index in [4.69, 9.17) is 21.1 Å². The highest BCUT2D eigenvalue weighted by Gasteiger charge is 2.14. The third kappa shape index (κ3) is 4.46. The third-order valence-electron chi connectivity index (χ3n) is 3.19. The van der Waals surface area contributed by atoms with Crippen molar-refractivity contribution in [2.75, 3.05) is 11.9 Å². The van der Waals surface area contributed by atoms with Crippen LogP contribution in [0.3, 0.4) is 0 Å². The van der Waals surface area contributed by atoms with Crippen LogP contribution in [0.25, 0.3) is 0 Å². The number of anilines is 1. The molecular weight excluding hydrogens is 356 g/mol. The zero-order valence-electron chi connectivity index (χ0n) is 13.8. The van der Waals surface area contributed by atoms with Gasteiger partial charge in [-0.2, -0.15) is 0 Å². The lowest BCUT2D eigenvalue weighted by molar-refractivity contribution is 0.102. The van der Waals surface area contributed by atoms with E-state index >= 15 is 0 Å². The summed E-state index contributed by atoms with van der Waals surface area (Å²) < 4.78 is 10.8. The number of amides is 1. The SMILES string of the molecule is CCOc1ccc(Cl)c(C(=O)Nc2ccc(Oc3ncccn3)cc2)n1. The average Bonchev–Trinajstić information content (AvgIpc) is 2.66. The van der Waals surface area contributed by atoms with E-state index in [1.807, 2.05) is 6.92 Å². The number of carbonyl (C=O) groups excluding carboxylic acids is 1. The Hall–Kier alpha value is -3.19. The molecule has 0 spiro atoms. The van der Waals surface area contributed by atoms with Crippen LogP contribution >= 0.6 is 11.6 Å². The number of carbonyl (C=O) groups is 1. The Morgan fingerprint density at radius 1 is 1.12 bits per heavy atom. The second kappa shape index (κ2) is 8.26. The molecule has 8 heteroatoms. The average molecular weight is 371 g/mol. The van der Waals surface area contributed by atoms with Crippen LogP contribution in [0, 0.1) is 0 Å². The summed E-state index contributed by atoms with van der Waals surface area (Å²) in [5.41, 5.74) is 0.659. The lowest BCUT2D eigenvalue weighted by Crippen LogP contribution is -2.14. The van der Waals surface area contributed by atoms with E-state index in [1.54, 1.807) is 54.9 Å². The van der Waals surface area contributed by atoms with Crippen LogP contribution in [0.2, 0.25) is 5.02 Å². The highest BCUT2D eigenvalue weighted by Crippen LogP contribution is 2.22. The number of ether oxygens (including phenoxy) is 2. The van der Waals surface area contributed by atoms with E-state index in [2.05, 4.69) is 20.3 Å². The number of pyridine rings is 1. The van der Waals surface area contributed by atoms with Gasteiger partial charge in [0.1, 0.15) is 5.75 Å². The number of hydrogen-bond donors (Lipinski definition) is 1. The standard InChI is InChI=1S/C18H15ClN4O3/c1-2-25-15-9-8-14(19)16(23-15)17(24)22-12-4-6-13(7-5-12)26-18-20-10-3-11-21-18/h3-11H,2H2,1H3,(H,22,24). The first kappa shape index (κ1) is 17.6. The minimum Gasteiger partial charge on any atom is -0.478 e. The maximum atomic E-state index is 12.4. The maximum Gasteiger partial charge on any atom is 0.321 e. The molecule has 132 valence electrons. The molecule has 0 aliphatic heterocycles. The predicted octanol–water partition coefficient (Wildman–Crippen LogP) is 3.97. The normalized spacial score (nSPS) is 10.2. The van der Waals surface area contributed by atoms with Gasteiger partial charge in [0.25, 0.3) is 5.91 Å². The molecule has 1 amide bonds. The zero-order chi connectivity index (χ0) is 18.4. The first-order chi connectivity index (χ1) is 12.7. The lowest BCUT2D eigenvalue weighted by atomic mass is 10.2. The fraction of sp³-hybridized carbons (Fsp3) is 0.111. The minimum absolute atomic E-state index is 0.0932. The maximum absolute atomic E-state index is 12.4. The summed E-state index contributed by atoms with van der Waals surface area (Å²) in [6.07, 6.45) is 3.17. The second-order valence-electron chi connectivity index (χ2n) is 5.02. The van der Waals surface area contributed by atoms with Crippen molar-refractivity contribution < 1.29 is 14.3 Å². The summed E-state index contributed by atoms with van der Waals surface area (Å²) in [4.78, 5) is 24.5. The summed E-state index contributed by atoms with van der Waals surface area (Å²) in [6.45, 7) is 2.28. The summed E-state index contributed by atoms with van der Waals surface area (Å²) in [5.74, 6) is 0.453. The number of benzene rings is 1. The van der Waals surface area contributed by atoms with Crippen molar-refractivity contribution in [2.45, 2.75) is 6.92 Å². The summed E-state index contributed by atoms with van der Waals surface area (Å²) in [7, 11) is 0. The van der Waals surface area contributed by atoms with Crippen molar-refractivity contribution in [3.8, 4) is 17.6 Å². The van der Waals surface area contributed by atoms with E-state index in [9.17, 15) is 4.79 Å². The quantitative estimate of drug-likeness (QED) is 0.706. The minimum atomic E-state index is -0.434. The first-order valence-electron chi connectivity index (χ1n) is 7.81. The molecule has 1 aromatic carbocycles. The van der Waals surface area contributed by atoms with Crippen molar-refractivity contribution in [3.05, 3.63) is 65.6 Å². The summed E-state index contributed by atoms with van der Waals surface area (Å²) >= 11 is 6.06. The molecule has 7 nitrogen and oxygen atoms in total. The summed E-state index contributed by atoms with van der Waals surface area (Å²) in [6, 6.07) is 11.9. The second-order valence-corrected chi connectivity index (χ2v) is 5.43. The van der Waals surface area contributed by atoms with E-state index in [1.165, 1.54) is 0 Å². The van der Waals surface area contributed by atoms with Gasteiger partial charge in [0.2, 0.25) is 5.88 Å². The first-order valence-corrected chi connectivity index (χ1v) is 8.19. The van der Waals surface area contributed by atoms with Gasteiger partial charge in [0.15, 0.2) is 5.69 Å². The van der Waals surface area contributed by atoms with Gasteiger partial charge >= 0.3 is 6.01 Å². The fourth-order valence-corrected chi connectivity index (χ4v) is 2.24. The molecule has 3 aromatic rings.